The number of hydrogen-bond acceptors (Lipinski definition) is 4. The molecule has 0 fully saturated rings. The Morgan fingerprint density at radius 2 is 2.00 bits per heavy atom. The van der Waals surface area contributed by atoms with Gasteiger partial charge in [-0.05, 0) is 43.2 Å². The van der Waals surface area contributed by atoms with Crippen molar-refractivity contribution in [3.05, 3.63) is 15.9 Å². The van der Waals surface area contributed by atoms with Crippen molar-refractivity contribution in [2.75, 3.05) is 12.8 Å². The number of halogens is 1. The fourth-order valence-electron chi connectivity index (χ4n) is 2.16. The lowest BCUT2D eigenvalue weighted by molar-refractivity contribution is 0.406. The van der Waals surface area contributed by atoms with Gasteiger partial charge in [0.1, 0.15) is 0 Å². The molecule has 1 heterocycles. The average molecular weight is 366 g/mol. The molecular weight excluding hydrogens is 342 g/mol. The van der Waals surface area contributed by atoms with E-state index in [-0.39, 0.29) is 6.04 Å². The Labute approximate surface area is 130 Å². The lowest BCUT2D eigenvalue weighted by Crippen LogP contribution is -2.52. The van der Waals surface area contributed by atoms with Gasteiger partial charge in [0.15, 0.2) is 9.84 Å². The first-order chi connectivity index (χ1) is 9.02. The van der Waals surface area contributed by atoms with Crippen LogP contribution >= 0.6 is 15.9 Å². The van der Waals surface area contributed by atoms with Crippen LogP contribution in [0.5, 0.6) is 0 Å². The number of aryl methyl sites for hydroxylation is 2. The Morgan fingerprint density at radius 1 is 1.45 bits per heavy atom. The minimum atomic E-state index is -3.17. The van der Waals surface area contributed by atoms with Crippen molar-refractivity contribution >= 4 is 25.8 Å². The molecule has 7 heteroatoms. The van der Waals surface area contributed by atoms with E-state index in [0.29, 0.717) is 6.42 Å². The van der Waals surface area contributed by atoms with Crippen molar-refractivity contribution in [3.63, 3.8) is 0 Å². The van der Waals surface area contributed by atoms with Gasteiger partial charge in [0.2, 0.25) is 0 Å². The summed E-state index contributed by atoms with van der Waals surface area (Å²) in [5.41, 5.74) is 1.92. The maximum Gasteiger partial charge on any atom is 0.154 e. The molecule has 1 atom stereocenters. The summed E-state index contributed by atoms with van der Waals surface area (Å²) in [4.78, 5) is 0. The van der Waals surface area contributed by atoms with E-state index in [1.807, 2.05) is 25.6 Å². The van der Waals surface area contributed by atoms with Gasteiger partial charge in [-0.15, -0.1) is 0 Å². The van der Waals surface area contributed by atoms with Gasteiger partial charge in [-0.25, -0.2) is 8.42 Å². The number of hydrogen-bond donors (Lipinski definition) is 1. The first kappa shape index (κ1) is 17.7. The van der Waals surface area contributed by atoms with Crippen molar-refractivity contribution in [2.45, 2.75) is 44.9 Å². The largest absolute Gasteiger partial charge is 0.312 e. The normalized spacial score (nSPS) is 14.6. The second kappa shape index (κ2) is 6.15. The van der Waals surface area contributed by atoms with Crippen LogP contribution in [0.3, 0.4) is 0 Å². The summed E-state index contributed by atoms with van der Waals surface area (Å²) in [5.74, 6) is 0. The molecule has 0 saturated heterocycles. The van der Waals surface area contributed by atoms with E-state index in [1.165, 1.54) is 6.26 Å². The topological polar surface area (TPSA) is 64.0 Å². The Bertz CT molecular complexity index is 579. The van der Waals surface area contributed by atoms with Gasteiger partial charge in [0.05, 0.1) is 20.6 Å². The summed E-state index contributed by atoms with van der Waals surface area (Å²) in [7, 11) is -1.29. The van der Waals surface area contributed by atoms with Gasteiger partial charge in [-0.2, -0.15) is 5.10 Å². The molecule has 1 N–H and O–H groups in total. The smallest absolute Gasteiger partial charge is 0.154 e. The van der Waals surface area contributed by atoms with Gasteiger partial charge in [-0.1, -0.05) is 6.92 Å². The van der Waals surface area contributed by atoms with E-state index >= 15 is 0 Å². The standard InChI is InChI=1S/C13H24BrN3O2S/c1-7-15-11(13(3,4)20(6,18)19)8-10-12(14)9(2)16-17(10)5/h11,15H,7-8H2,1-6H3. The highest BCUT2D eigenvalue weighted by molar-refractivity contribution is 9.10. The van der Waals surface area contributed by atoms with Crippen LogP contribution in [0.2, 0.25) is 0 Å². The molecule has 0 aliphatic heterocycles. The number of likely N-dealkylation sites (N-methyl/N-ethyl adjacent to an activating group) is 1. The van der Waals surface area contributed by atoms with E-state index in [4.69, 9.17) is 0 Å². The minimum Gasteiger partial charge on any atom is -0.312 e. The zero-order valence-corrected chi connectivity index (χ0v) is 15.4. The van der Waals surface area contributed by atoms with Crippen molar-refractivity contribution in [1.29, 1.82) is 0 Å². The third-order valence-electron chi connectivity index (χ3n) is 3.90. The molecule has 1 rings (SSSR count). The first-order valence-corrected chi connectivity index (χ1v) is 9.31. The summed E-state index contributed by atoms with van der Waals surface area (Å²) in [6, 6.07) is -0.173. The summed E-state index contributed by atoms with van der Waals surface area (Å²) < 4.78 is 26.0. The van der Waals surface area contributed by atoms with Crippen molar-refractivity contribution < 1.29 is 8.42 Å². The van der Waals surface area contributed by atoms with Crippen molar-refractivity contribution in [1.82, 2.24) is 15.1 Å². The summed E-state index contributed by atoms with van der Waals surface area (Å²) in [6.07, 6.45) is 1.90. The van der Waals surface area contributed by atoms with Crippen LogP contribution in [0.25, 0.3) is 0 Å². The molecule has 0 spiro atoms. The van der Waals surface area contributed by atoms with Gasteiger partial charge in [0.25, 0.3) is 0 Å². The molecule has 1 aromatic heterocycles. The van der Waals surface area contributed by atoms with Crippen LogP contribution in [-0.2, 0) is 23.3 Å². The third kappa shape index (κ3) is 3.43. The molecule has 0 aliphatic carbocycles. The third-order valence-corrected chi connectivity index (χ3v) is 7.13. The molecule has 20 heavy (non-hydrogen) atoms. The van der Waals surface area contributed by atoms with E-state index in [0.717, 1.165) is 22.4 Å². The zero-order chi connectivity index (χ0) is 15.7. The van der Waals surface area contributed by atoms with Crippen molar-refractivity contribution in [3.8, 4) is 0 Å². The highest BCUT2D eigenvalue weighted by atomic mass is 79.9. The molecule has 0 bridgehead atoms. The molecule has 0 aliphatic rings. The predicted molar refractivity (Wildman–Crippen MR) is 85.7 cm³/mol. The summed E-state index contributed by atoms with van der Waals surface area (Å²) in [5, 5.41) is 7.66. The van der Waals surface area contributed by atoms with E-state index in [9.17, 15) is 8.42 Å². The lowest BCUT2D eigenvalue weighted by atomic mass is 9.98. The number of nitrogens with zero attached hydrogens (tertiary/aromatic N) is 2. The molecular formula is C13H24BrN3O2S. The Kier molecular flexibility index (Phi) is 5.43. The fraction of sp³-hybridized carbons (Fsp3) is 0.769. The summed E-state index contributed by atoms with van der Waals surface area (Å²) >= 11 is 3.54. The van der Waals surface area contributed by atoms with Crippen LogP contribution in [0.1, 0.15) is 32.2 Å². The van der Waals surface area contributed by atoms with Crippen LogP contribution in [0.4, 0.5) is 0 Å². The maximum absolute atomic E-state index is 12.1. The maximum atomic E-state index is 12.1. The molecule has 1 unspecified atom stereocenters. The Balaban J connectivity index is 3.17. The van der Waals surface area contributed by atoms with Crippen molar-refractivity contribution in [2.24, 2.45) is 7.05 Å². The SMILES string of the molecule is CCNC(Cc1c(Br)c(C)nn1C)C(C)(C)S(C)(=O)=O. The van der Waals surface area contributed by atoms with E-state index in [2.05, 4.69) is 26.3 Å². The average Bonchev–Trinajstić information content (AvgIpc) is 2.53. The molecule has 116 valence electrons. The molecule has 0 amide bonds. The van der Waals surface area contributed by atoms with Crippen LogP contribution in [0, 0.1) is 6.92 Å². The van der Waals surface area contributed by atoms with Gasteiger partial charge >= 0.3 is 0 Å². The van der Waals surface area contributed by atoms with Gasteiger partial charge in [-0.3, -0.25) is 4.68 Å². The number of nitrogens with one attached hydrogen (secondary N) is 1. The molecule has 5 nitrogen and oxygen atoms in total. The monoisotopic (exact) mass is 365 g/mol. The van der Waals surface area contributed by atoms with Gasteiger partial charge in [0, 0.05) is 25.8 Å². The minimum absolute atomic E-state index is 0.173. The Morgan fingerprint density at radius 3 is 2.35 bits per heavy atom. The summed E-state index contributed by atoms with van der Waals surface area (Å²) in [6.45, 7) is 8.17. The second-order valence-electron chi connectivity index (χ2n) is 5.66. The number of rotatable bonds is 6. The molecule has 0 aromatic carbocycles. The van der Waals surface area contributed by atoms with Gasteiger partial charge < -0.3 is 5.32 Å². The quantitative estimate of drug-likeness (QED) is 0.835. The Hall–Kier alpha value is -0.400. The second-order valence-corrected chi connectivity index (χ2v) is 9.05. The molecule has 0 saturated carbocycles. The van der Waals surface area contributed by atoms with Crippen LogP contribution in [0.15, 0.2) is 4.47 Å². The van der Waals surface area contributed by atoms with E-state index < -0.39 is 14.6 Å². The fourth-order valence-corrected chi connectivity index (χ4v) is 3.35. The highest BCUT2D eigenvalue weighted by Crippen LogP contribution is 2.27. The predicted octanol–water partition coefficient (Wildman–Crippen LogP) is 1.83. The molecule has 1 aromatic rings. The number of sulfone groups is 1. The van der Waals surface area contributed by atoms with Crippen LogP contribution < -0.4 is 5.32 Å². The highest BCUT2D eigenvalue weighted by Gasteiger charge is 2.39. The zero-order valence-electron chi connectivity index (χ0n) is 13.0. The lowest BCUT2D eigenvalue weighted by Gasteiger charge is -2.33. The first-order valence-electron chi connectivity index (χ1n) is 6.63. The van der Waals surface area contributed by atoms with E-state index in [1.54, 1.807) is 13.8 Å². The van der Waals surface area contributed by atoms with Crippen LogP contribution in [-0.4, -0.2) is 41.8 Å². The number of aromatic nitrogens is 2. The molecule has 0 radical (unpaired) electrons.